The minimum absolute atomic E-state index is 0.0461. The van der Waals surface area contributed by atoms with Gasteiger partial charge in [-0.2, -0.15) is 16.4 Å². The number of nitrogens with one attached hydrogen (secondary N) is 1. The maximum atomic E-state index is 14.6. The smallest absolute Gasteiger partial charge is 0.323 e. The lowest BCUT2D eigenvalue weighted by Crippen LogP contribution is -2.32. The summed E-state index contributed by atoms with van der Waals surface area (Å²) in [5.41, 5.74) is 23.3. The Morgan fingerprint density at radius 2 is 1.79 bits per heavy atom. The van der Waals surface area contributed by atoms with E-state index in [4.69, 9.17) is 17.2 Å². The maximum absolute atomic E-state index is 14.6. The van der Waals surface area contributed by atoms with E-state index < -0.39 is 11.8 Å². The van der Waals surface area contributed by atoms with Crippen LogP contribution in [0.4, 0.5) is 26.4 Å². The van der Waals surface area contributed by atoms with E-state index in [1.807, 2.05) is 35.7 Å². The number of nitrogen functional groups attached to an aromatic ring is 1. The van der Waals surface area contributed by atoms with Gasteiger partial charge in [0.15, 0.2) is 5.82 Å². The number of thiophene rings is 1. The summed E-state index contributed by atoms with van der Waals surface area (Å²) in [5.74, 6) is -0.178. The molecule has 0 aliphatic carbocycles. The SMILES string of the molecule is NCc1ccc(F)c(N(C(N)=O)c2ccc(-c3ccc(-c4ccsc4)c4[nH]nc(N)c34)cc2)c1. The number of carbonyl (C=O) groups excluding carboxylic acids is 1. The molecule has 2 amide bonds. The monoisotopic (exact) mass is 472 g/mol. The molecular formula is C25H21FN6OS. The van der Waals surface area contributed by atoms with Gasteiger partial charge in [0.1, 0.15) is 5.82 Å². The number of primary amides is 1. The van der Waals surface area contributed by atoms with Gasteiger partial charge in [-0.3, -0.25) is 10.00 Å². The molecule has 0 aliphatic rings. The van der Waals surface area contributed by atoms with Crippen LogP contribution in [0, 0.1) is 5.82 Å². The predicted octanol–water partition coefficient (Wildman–Crippen LogP) is 5.36. The first kappa shape index (κ1) is 21.6. The normalized spacial score (nSPS) is 11.1. The molecule has 7 N–H and O–H groups in total. The number of benzene rings is 3. The lowest BCUT2D eigenvalue weighted by atomic mass is 9.96. The average molecular weight is 473 g/mol. The summed E-state index contributed by atoms with van der Waals surface area (Å²) in [7, 11) is 0. The highest BCUT2D eigenvalue weighted by atomic mass is 32.1. The van der Waals surface area contributed by atoms with Crippen LogP contribution in [0.3, 0.4) is 0 Å². The van der Waals surface area contributed by atoms with Crippen LogP contribution in [-0.2, 0) is 6.54 Å². The molecule has 0 spiro atoms. The second kappa shape index (κ2) is 8.62. The van der Waals surface area contributed by atoms with E-state index in [2.05, 4.69) is 15.6 Å². The van der Waals surface area contributed by atoms with Gasteiger partial charge in [0.2, 0.25) is 0 Å². The van der Waals surface area contributed by atoms with Crippen LogP contribution < -0.4 is 22.1 Å². The van der Waals surface area contributed by atoms with Crippen molar-refractivity contribution in [2.75, 3.05) is 10.6 Å². The number of aromatic amines is 1. The Hall–Kier alpha value is -4.21. The van der Waals surface area contributed by atoms with Crippen LogP contribution in [-0.4, -0.2) is 16.2 Å². The molecular weight excluding hydrogens is 451 g/mol. The van der Waals surface area contributed by atoms with Gasteiger partial charge in [-0.15, -0.1) is 0 Å². The third-order valence-corrected chi connectivity index (χ3v) is 6.41. The standard InChI is InChI=1S/C25H21FN6OS/c26-20-8-1-14(12-27)11-21(20)32(25(29)33)17-4-2-15(3-5-17)18-6-7-19(16-9-10-34-13-16)23-22(18)24(28)31-30-23/h1-11,13H,12,27H2,(H2,29,33)(H3,28,30,31). The number of nitrogens with zero attached hydrogens (tertiary/aromatic N) is 2. The summed E-state index contributed by atoms with van der Waals surface area (Å²) in [6.45, 7) is 0.211. The molecule has 0 radical (unpaired) electrons. The molecule has 0 saturated carbocycles. The molecule has 34 heavy (non-hydrogen) atoms. The number of halogens is 1. The minimum atomic E-state index is -0.803. The highest BCUT2D eigenvalue weighted by Gasteiger charge is 2.20. The van der Waals surface area contributed by atoms with Gasteiger partial charge in [0.05, 0.1) is 22.3 Å². The van der Waals surface area contributed by atoms with Crippen molar-refractivity contribution in [2.45, 2.75) is 6.54 Å². The molecule has 0 bridgehead atoms. The summed E-state index contributed by atoms with van der Waals surface area (Å²) < 4.78 is 14.6. The van der Waals surface area contributed by atoms with Crippen molar-refractivity contribution in [2.24, 2.45) is 11.5 Å². The largest absolute Gasteiger partial charge is 0.382 e. The second-order valence-electron chi connectivity index (χ2n) is 7.74. The van der Waals surface area contributed by atoms with Crippen molar-refractivity contribution in [1.29, 1.82) is 0 Å². The van der Waals surface area contributed by atoms with Crippen LogP contribution in [0.2, 0.25) is 0 Å². The molecule has 5 rings (SSSR count). The fourth-order valence-electron chi connectivity index (χ4n) is 4.09. The van der Waals surface area contributed by atoms with Crippen LogP contribution in [0.1, 0.15) is 5.56 Å². The lowest BCUT2D eigenvalue weighted by molar-refractivity contribution is 0.256. The van der Waals surface area contributed by atoms with Crippen molar-refractivity contribution < 1.29 is 9.18 Å². The molecule has 0 atom stereocenters. The van der Waals surface area contributed by atoms with Crippen LogP contribution in [0.15, 0.2) is 71.4 Å². The number of hydrogen-bond donors (Lipinski definition) is 4. The Morgan fingerprint density at radius 3 is 2.47 bits per heavy atom. The summed E-state index contributed by atoms with van der Waals surface area (Å²) in [6.07, 6.45) is 0. The number of aromatic nitrogens is 2. The van der Waals surface area contributed by atoms with Crippen molar-refractivity contribution in [3.63, 3.8) is 0 Å². The van der Waals surface area contributed by atoms with Crippen LogP contribution in [0.25, 0.3) is 33.2 Å². The lowest BCUT2D eigenvalue weighted by Gasteiger charge is -2.22. The molecule has 170 valence electrons. The first-order chi connectivity index (χ1) is 16.5. The number of H-pyrrole nitrogens is 1. The van der Waals surface area contributed by atoms with E-state index in [9.17, 15) is 9.18 Å². The Kier molecular flexibility index (Phi) is 5.48. The molecule has 2 heterocycles. The number of anilines is 3. The first-order valence-electron chi connectivity index (χ1n) is 10.5. The summed E-state index contributed by atoms with van der Waals surface area (Å²) in [5, 5.41) is 12.2. The molecule has 0 saturated heterocycles. The van der Waals surface area contributed by atoms with E-state index in [1.165, 1.54) is 12.1 Å². The number of carbonyl (C=O) groups is 1. The summed E-state index contributed by atoms with van der Waals surface area (Å²) in [6, 6.07) is 16.7. The zero-order valence-electron chi connectivity index (χ0n) is 18.0. The van der Waals surface area contributed by atoms with Gasteiger partial charge in [0, 0.05) is 12.1 Å². The van der Waals surface area contributed by atoms with Crippen LogP contribution >= 0.6 is 11.3 Å². The Balaban J connectivity index is 1.58. The Bertz CT molecular complexity index is 1490. The van der Waals surface area contributed by atoms with E-state index in [0.717, 1.165) is 38.1 Å². The first-order valence-corrected chi connectivity index (χ1v) is 11.4. The summed E-state index contributed by atoms with van der Waals surface area (Å²) >= 11 is 1.62. The van der Waals surface area contributed by atoms with Gasteiger partial charge in [-0.1, -0.05) is 30.3 Å². The van der Waals surface area contributed by atoms with E-state index in [-0.39, 0.29) is 12.2 Å². The zero-order valence-corrected chi connectivity index (χ0v) is 18.8. The topological polar surface area (TPSA) is 127 Å². The maximum Gasteiger partial charge on any atom is 0.323 e. The van der Waals surface area contributed by atoms with E-state index >= 15 is 0 Å². The van der Waals surface area contributed by atoms with Crippen molar-refractivity contribution in [3.05, 3.63) is 82.8 Å². The molecule has 0 fully saturated rings. The minimum Gasteiger partial charge on any atom is -0.382 e. The van der Waals surface area contributed by atoms with Crippen molar-refractivity contribution in [3.8, 4) is 22.3 Å². The number of nitrogens with two attached hydrogens (primary N) is 3. The molecule has 9 heteroatoms. The number of rotatable bonds is 5. The fraction of sp³-hybridized carbons (Fsp3) is 0.0400. The predicted molar refractivity (Wildman–Crippen MR) is 135 cm³/mol. The Labute approximate surface area is 198 Å². The van der Waals surface area contributed by atoms with Crippen molar-refractivity contribution >= 4 is 45.5 Å². The molecule has 3 aromatic carbocycles. The van der Waals surface area contributed by atoms with E-state index in [0.29, 0.717) is 17.1 Å². The highest BCUT2D eigenvalue weighted by molar-refractivity contribution is 7.08. The third-order valence-electron chi connectivity index (χ3n) is 5.73. The zero-order chi connectivity index (χ0) is 23.8. The van der Waals surface area contributed by atoms with Crippen LogP contribution in [0.5, 0.6) is 0 Å². The summed E-state index contributed by atoms with van der Waals surface area (Å²) in [4.78, 5) is 13.4. The highest BCUT2D eigenvalue weighted by Crippen LogP contribution is 2.39. The van der Waals surface area contributed by atoms with Gasteiger partial charge < -0.3 is 17.2 Å². The average Bonchev–Trinajstić information content (AvgIpc) is 3.51. The number of amides is 2. The number of urea groups is 1. The van der Waals surface area contributed by atoms with Gasteiger partial charge in [-0.25, -0.2) is 9.18 Å². The third kappa shape index (κ3) is 3.66. The van der Waals surface area contributed by atoms with Gasteiger partial charge in [0.25, 0.3) is 0 Å². The van der Waals surface area contributed by atoms with Gasteiger partial charge >= 0.3 is 6.03 Å². The number of fused-ring (bicyclic) bond motifs is 1. The molecule has 2 aromatic heterocycles. The fourth-order valence-corrected chi connectivity index (χ4v) is 4.74. The Morgan fingerprint density at radius 1 is 1.03 bits per heavy atom. The quantitative estimate of drug-likeness (QED) is 0.275. The van der Waals surface area contributed by atoms with E-state index in [1.54, 1.807) is 29.5 Å². The molecule has 5 aromatic rings. The van der Waals surface area contributed by atoms with Gasteiger partial charge in [-0.05, 0) is 63.3 Å². The number of hydrogen-bond acceptors (Lipinski definition) is 5. The molecule has 0 aliphatic heterocycles. The second-order valence-corrected chi connectivity index (χ2v) is 8.52. The molecule has 0 unspecified atom stereocenters. The van der Waals surface area contributed by atoms with Crippen molar-refractivity contribution in [1.82, 2.24) is 10.2 Å². The molecule has 7 nitrogen and oxygen atoms in total.